The van der Waals surface area contributed by atoms with Gasteiger partial charge in [-0.05, 0) is 32.1 Å². The number of hydrogen-bond acceptors (Lipinski definition) is 3. The van der Waals surface area contributed by atoms with Crippen molar-refractivity contribution in [1.29, 1.82) is 0 Å². The third-order valence-electron chi connectivity index (χ3n) is 3.95. The molecule has 0 amide bonds. The summed E-state index contributed by atoms with van der Waals surface area (Å²) in [6.45, 7) is 7.32. The minimum atomic E-state index is -0.417. The van der Waals surface area contributed by atoms with E-state index in [1.807, 2.05) is 13.2 Å². The van der Waals surface area contributed by atoms with Crippen LogP contribution < -0.4 is 0 Å². The maximum absolute atomic E-state index is 10.5. The molecule has 4 heteroatoms. The standard InChI is InChI=1S/C16H28N2O2/c1-16(2,3)15-13(11-18(4)17-15)14(19)9-5-7-12-8-6-10-20-12/h11-12,14,19H,5-10H2,1-4H3. The van der Waals surface area contributed by atoms with Gasteiger partial charge in [0.15, 0.2) is 0 Å². The van der Waals surface area contributed by atoms with Gasteiger partial charge in [-0.1, -0.05) is 20.8 Å². The highest BCUT2D eigenvalue weighted by atomic mass is 16.5. The Bertz CT molecular complexity index is 428. The van der Waals surface area contributed by atoms with Crippen LogP contribution in [0.2, 0.25) is 0 Å². The molecule has 1 N–H and O–H groups in total. The molecule has 1 aliphatic rings. The molecular formula is C16H28N2O2. The number of aryl methyl sites for hydroxylation is 1. The lowest BCUT2D eigenvalue weighted by Crippen LogP contribution is -2.16. The third kappa shape index (κ3) is 3.83. The fourth-order valence-electron chi connectivity index (χ4n) is 2.90. The van der Waals surface area contributed by atoms with Crippen molar-refractivity contribution in [2.24, 2.45) is 7.05 Å². The van der Waals surface area contributed by atoms with Gasteiger partial charge in [0.25, 0.3) is 0 Å². The number of aliphatic hydroxyl groups is 1. The minimum Gasteiger partial charge on any atom is -0.388 e. The van der Waals surface area contributed by atoms with Crippen LogP contribution in [0.4, 0.5) is 0 Å². The van der Waals surface area contributed by atoms with Crippen molar-refractivity contribution in [3.05, 3.63) is 17.5 Å². The van der Waals surface area contributed by atoms with Crippen LogP contribution in [0.25, 0.3) is 0 Å². The van der Waals surface area contributed by atoms with Gasteiger partial charge in [-0.25, -0.2) is 0 Å². The molecule has 20 heavy (non-hydrogen) atoms. The summed E-state index contributed by atoms with van der Waals surface area (Å²) < 4.78 is 7.43. The van der Waals surface area contributed by atoms with E-state index in [2.05, 4.69) is 25.9 Å². The monoisotopic (exact) mass is 280 g/mol. The average Bonchev–Trinajstić information content (AvgIpc) is 2.97. The molecule has 4 nitrogen and oxygen atoms in total. The zero-order valence-electron chi connectivity index (χ0n) is 13.2. The number of aliphatic hydroxyl groups excluding tert-OH is 1. The van der Waals surface area contributed by atoms with E-state index in [4.69, 9.17) is 4.74 Å². The van der Waals surface area contributed by atoms with Gasteiger partial charge in [-0.3, -0.25) is 4.68 Å². The molecule has 114 valence electrons. The first kappa shape index (κ1) is 15.5. The van der Waals surface area contributed by atoms with Crippen molar-refractivity contribution in [1.82, 2.24) is 9.78 Å². The second kappa shape index (κ2) is 6.27. The molecule has 2 unspecified atom stereocenters. The van der Waals surface area contributed by atoms with Gasteiger partial charge in [0.2, 0.25) is 0 Å². The Labute approximate surface area is 122 Å². The van der Waals surface area contributed by atoms with Crippen LogP contribution in [0.3, 0.4) is 0 Å². The lowest BCUT2D eigenvalue weighted by Gasteiger charge is -2.20. The van der Waals surface area contributed by atoms with E-state index >= 15 is 0 Å². The molecule has 1 saturated heterocycles. The molecule has 0 aliphatic carbocycles. The fraction of sp³-hybridized carbons (Fsp3) is 0.812. The highest BCUT2D eigenvalue weighted by Gasteiger charge is 2.25. The second-order valence-corrected chi connectivity index (χ2v) is 6.94. The molecule has 1 fully saturated rings. The summed E-state index contributed by atoms with van der Waals surface area (Å²) in [4.78, 5) is 0. The summed E-state index contributed by atoms with van der Waals surface area (Å²) in [5.74, 6) is 0. The van der Waals surface area contributed by atoms with Gasteiger partial charge in [0.1, 0.15) is 0 Å². The Balaban J connectivity index is 1.93. The normalized spacial score (nSPS) is 21.4. The maximum Gasteiger partial charge on any atom is 0.0823 e. The van der Waals surface area contributed by atoms with Crippen molar-refractivity contribution in [2.75, 3.05) is 6.61 Å². The maximum atomic E-state index is 10.5. The van der Waals surface area contributed by atoms with E-state index in [9.17, 15) is 5.11 Å². The molecule has 1 aromatic heterocycles. The SMILES string of the molecule is Cn1cc(C(O)CCCC2CCCO2)c(C(C)(C)C)n1. The first-order chi connectivity index (χ1) is 9.38. The number of ether oxygens (including phenoxy) is 1. The molecule has 0 aromatic carbocycles. The Kier molecular flexibility index (Phi) is 4.86. The van der Waals surface area contributed by atoms with Crippen LogP contribution >= 0.6 is 0 Å². The Morgan fingerprint density at radius 3 is 2.85 bits per heavy atom. The molecule has 2 atom stereocenters. The van der Waals surface area contributed by atoms with E-state index in [-0.39, 0.29) is 5.41 Å². The number of rotatable bonds is 5. The van der Waals surface area contributed by atoms with Gasteiger partial charge in [-0.15, -0.1) is 0 Å². The molecule has 1 aliphatic heterocycles. The Morgan fingerprint density at radius 2 is 2.25 bits per heavy atom. The molecule has 0 bridgehead atoms. The van der Waals surface area contributed by atoms with Gasteiger partial charge in [-0.2, -0.15) is 5.10 Å². The van der Waals surface area contributed by atoms with E-state index in [0.717, 1.165) is 37.1 Å². The predicted octanol–water partition coefficient (Wildman–Crippen LogP) is 3.10. The van der Waals surface area contributed by atoms with Gasteiger partial charge in [0.05, 0.1) is 17.9 Å². The van der Waals surface area contributed by atoms with Crippen LogP contribution in [-0.2, 0) is 17.2 Å². The number of nitrogens with zero attached hydrogens (tertiary/aromatic N) is 2. The van der Waals surface area contributed by atoms with Crippen LogP contribution in [0.1, 0.15) is 70.2 Å². The summed E-state index contributed by atoms with van der Waals surface area (Å²) in [5.41, 5.74) is 1.95. The summed E-state index contributed by atoms with van der Waals surface area (Å²) in [7, 11) is 1.91. The third-order valence-corrected chi connectivity index (χ3v) is 3.95. The van der Waals surface area contributed by atoms with Crippen molar-refractivity contribution in [3.8, 4) is 0 Å². The highest BCUT2D eigenvalue weighted by molar-refractivity contribution is 5.26. The van der Waals surface area contributed by atoms with Crippen molar-refractivity contribution in [3.63, 3.8) is 0 Å². The quantitative estimate of drug-likeness (QED) is 0.901. The zero-order chi connectivity index (χ0) is 14.8. The van der Waals surface area contributed by atoms with Gasteiger partial charge >= 0.3 is 0 Å². The van der Waals surface area contributed by atoms with Crippen LogP contribution in [0, 0.1) is 0 Å². The topological polar surface area (TPSA) is 47.3 Å². The van der Waals surface area contributed by atoms with E-state index in [0.29, 0.717) is 6.10 Å². The average molecular weight is 280 g/mol. The molecule has 2 rings (SSSR count). The first-order valence-corrected chi connectivity index (χ1v) is 7.71. The zero-order valence-corrected chi connectivity index (χ0v) is 13.2. The van der Waals surface area contributed by atoms with Crippen LogP contribution in [-0.4, -0.2) is 27.6 Å². The first-order valence-electron chi connectivity index (χ1n) is 7.71. The lowest BCUT2D eigenvalue weighted by atomic mass is 9.87. The molecular weight excluding hydrogens is 252 g/mol. The van der Waals surface area contributed by atoms with E-state index in [1.165, 1.54) is 12.8 Å². The summed E-state index contributed by atoms with van der Waals surface area (Å²) in [6, 6.07) is 0. The van der Waals surface area contributed by atoms with Gasteiger partial charge in [0, 0.05) is 30.8 Å². The second-order valence-electron chi connectivity index (χ2n) is 6.94. The van der Waals surface area contributed by atoms with Crippen molar-refractivity contribution < 1.29 is 9.84 Å². The highest BCUT2D eigenvalue weighted by Crippen LogP contribution is 2.31. The molecule has 0 spiro atoms. The van der Waals surface area contributed by atoms with E-state index < -0.39 is 6.10 Å². The Hall–Kier alpha value is -0.870. The van der Waals surface area contributed by atoms with Crippen LogP contribution in [0.15, 0.2) is 6.20 Å². The summed E-state index contributed by atoms with van der Waals surface area (Å²) in [6.07, 6.45) is 7.16. The van der Waals surface area contributed by atoms with Crippen molar-refractivity contribution in [2.45, 2.75) is 70.5 Å². The van der Waals surface area contributed by atoms with Crippen LogP contribution in [0.5, 0.6) is 0 Å². The van der Waals surface area contributed by atoms with E-state index in [1.54, 1.807) is 4.68 Å². The predicted molar refractivity (Wildman–Crippen MR) is 79.7 cm³/mol. The molecule has 2 heterocycles. The van der Waals surface area contributed by atoms with Gasteiger partial charge < -0.3 is 9.84 Å². The smallest absolute Gasteiger partial charge is 0.0823 e. The molecule has 0 radical (unpaired) electrons. The number of hydrogen-bond donors (Lipinski definition) is 1. The molecule has 0 saturated carbocycles. The minimum absolute atomic E-state index is 0.0356. The van der Waals surface area contributed by atoms with Crippen molar-refractivity contribution >= 4 is 0 Å². The lowest BCUT2D eigenvalue weighted by molar-refractivity contribution is 0.0942. The number of aromatic nitrogens is 2. The molecule has 1 aromatic rings. The summed E-state index contributed by atoms with van der Waals surface area (Å²) in [5, 5.41) is 15.0. The largest absolute Gasteiger partial charge is 0.388 e. The summed E-state index contributed by atoms with van der Waals surface area (Å²) >= 11 is 0. The Morgan fingerprint density at radius 1 is 1.50 bits per heavy atom. The fourth-order valence-corrected chi connectivity index (χ4v) is 2.90.